The van der Waals surface area contributed by atoms with Gasteiger partial charge in [-0.25, -0.2) is 0 Å². The van der Waals surface area contributed by atoms with E-state index in [0.29, 0.717) is 29.4 Å². The quantitative estimate of drug-likeness (QED) is 0.638. The molecule has 6 heteroatoms. The third-order valence-electron chi connectivity index (χ3n) is 3.84. The summed E-state index contributed by atoms with van der Waals surface area (Å²) in [6.45, 7) is 4.25. The van der Waals surface area contributed by atoms with Gasteiger partial charge in [0.1, 0.15) is 5.75 Å². The van der Waals surface area contributed by atoms with Crippen LogP contribution in [0, 0.1) is 6.92 Å². The van der Waals surface area contributed by atoms with Crippen molar-refractivity contribution >= 4 is 38.5 Å². The van der Waals surface area contributed by atoms with E-state index in [9.17, 15) is 4.79 Å². The Morgan fingerprint density at radius 1 is 1.24 bits per heavy atom. The first-order valence-electron chi connectivity index (χ1n) is 7.85. The number of carbonyl (C=O) groups is 1. The summed E-state index contributed by atoms with van der Waals surface area (Å²) in [6.07, 6.45) is 0. The number of amides is 1. The number of ether oxygens (including phenoxy) is 2. The molecule has 0 unspecified atom stereocenters. The van der Waals surface area contributed by atoms with Crippen molar-refractivity contribution in [2.45, 2.75) is 13.8 Å². The number of hydrogen-bond acceptors (Lipinski definition) is 4. The largest absolute Gasteiger partial charge is 0.493 e. The SMILES string of the molecule is CCOc1ccc(Br)cc1NC(=O)c1oc2c(OC)cccc2c1C. The summed E-state index contributed by atoms with van der Waals surface area (Å²) in [4.78, 5) is 12.8. The lowest BCUT2D eigenvalue weighted by Gasteiger charge is -2.11. The molecule has 2 aromatic carbocycles. The maximum absolute atomic E-state index is 12.8. The van der Waals surface area contributed by atoms with Crippen LogP contribution in [0.3, 0.4) is 0 Å². The zero-order valence-electron chi connectivity index (χ0n) is 14.2. The zero-order valence-corrected chi connectivity index (χ0v) is 15.8. The highest BCUT2D eigenvalue weighted by Gasteiger charge is 2.21. The van der Waals surface area contributed by atoms with E-state index in [0.717, 1.165) is 15.4 Å². The minimum absolute atomic E-state index is 0.252. The summed E-state index contributed by atoms with van der Waals surface area (Å²) in [6, 6.07) is 11.0. The lowest BCUT2D eigenvalue weighted by molar-refractivity contribution is 0.0997. The molecule has 25 heavy (non-hydrogen) atoms. The average Bonchev–Trinajstić information content (AvgIpc) is 2.94. The van der Waals surface area contributed by atoms with Gasteiger partial charge in [0.25, 0.3) is 5.91 Å². The second-order valence-electron chi connectivity index (χ2n) is 5.42. The Bertz CT molecular complexity index is 933. The molecule has 3 aromatic rings. The molecule has 1 aromatic heterocycles. The average molecular weight is 404 g/mol. The molecule has 130 valence electrons. The standard InChI is InChI=1S/C19H18BrNO4/c1-4-24-15-9-8-12(20)10-14(15)21-19(22)17-11(2)13-6-5-7-16(23-3)18(13)25-17/h5-10H,4H2,1-3H3,(H,21,22). The van der Waals surface area contributed by atoms with Crippen molar-refractivity contribution in [2.24, 2.45) is 0 Å². The molecule has 0 atom stereocenters. The van der Waals surface area contributed by atoms with Crippen LogP contribution in [0.4, 0.5) is 5.69 Å². The third-order valence-corrected chi connectivity index (χ3v) is 4.34. The van der Waals surface area contributed by atoms with Gasteiger partial charge in [-0.2, -0.15) is 0 Å². The first-order chi connectivity index (χ1) is 12.0. The molecule has 0 bridgehead atoms. The molecule has 1 heterocycles. The molecule has 1 N–H and O–H groups in total. The van der Waals surface area contributed by atoms with Crippen molar-refractivity contribution in [1.29, 1.82) is 0 Å². The molecule has 0 spiro atoms. The van der Waals surface area contributed by atoms with Crippen LogP contribution < -0.4 is 14.8 Å². The second-order valence-corrected chi connectivity index (χ2v) is 6.34. The van der Waals surface area contributed by atoms with Gasteiger partial charge in [-0.3, -0.25) is 4.79 Å². The van der Waals surface area contributed by atoms with E-state index in [1.165, 1.54) is 0 Å². The number of aryl methyl sites for hydroxylation is 1. The van der Waals surface area contributed by atoms with Gasteiger partial charge >= 0.3 is 0 Å². The highest BCUT2D eigenvalue weighted by Crippen LogP contribution is 2.34. The summed E-state index contributed by atoms with van der Waals surface area (Å²) < 4.78 is 17.5. The zero-order chi connectivity index (χ0) is 18.0. The van der Waals surface area contributed by atoms with E-state index < -0.39 is 0 Å². The highest BCUT2D eigenvalue weighted by molar-refractivity contribution is 9.10. The molecule has 0 saturated carbocycles. The second kappa shape index (κ2) is 7.19. The van der Waals surface area contributed by atoms with Crippen molar-refractivity contribution in [2.75, 3.05) is 19.0 Å². The minimum Gasteiger partial charge on any atom is -0.493 e. The van der Waals surface area contributed by atoms with Crippen molar-refractivity contribution in [3.63, 3.8) is 0 Å². The van der Waals surface area contributed by atoms with Gasteiger partial charge in [-0.1, -0.05) is 28.1 Å². The van der Waals surface area contributed by atoms with Gasteiger partial charge in [0.05, 0.1) is 19.4 Å². The molecule has 0 aliphatic rings. The Hall–Kier alpha value is -2.47. The number of methoxy groups -OCH3 is 1. The van der Waals surface area contributed by atoms with Gasteiger partial charge < -0.3 is 19.2 Å². The minimum atomic E-state index is -0.338. The van der Waals surface area contributed by atoms with Gasteiger partial charge in [0.15, 0.2) is 17.1 Å². The van der Waals surface area contributed by atoms with E-state index in [4.69, 9.17) is 13.9 Å². The molecule has 3 rings (SSSR count). The van der Waals surface area contributed by atoms with Crippen LogP contribution in [-0.2, 0) is 0 Å². The predicted octanol–water partition coefficient (Wildman–Crippen LogP) is 5.16. The van der Waals surface area contributed by atoms with E-state index in [1.807, 2.05) is 32.0 Å². The van der Waals surface area contributed by atoms with Crippen LogP contribution in [-0.4, -0.2) is 19.6 Å². The molecule has 0 aliphatic heterocycles. The monoisotopic (exact) mass is 403 g/mol. The molecule has 5 nitrogen and oxygen atoms in total. The van der Waals surface area contributed by atoms with Crippen LogP contribution in [0.25, 0.3) is 11.0 Å². The fourth-order valence-electron chi connectivity index (χ4n) is 2.66. The van der Waals surface area contributed by atoms with E-state index >= 15 is 0 Å². The Morgan fingerprint density at radius 3 is 2.76 bits per heavy atom. The summed E-state index contributed by atoms with van der Waals surface area (Å²) in [5.74, 6) is 1.11. The van der Waals surface area contributed by atoms with Gasteiger partial charge in [0.2, 0.25) is 0 Å². The molecule has 0 fully saturated rings. The Kier molecular flexibility index (Phi) is 4.99. The molecular weight excluding hydrogens is 386 g/mol. The number of benzene rings is 2. The van der Waals surface area contributed by atoms with Crippen LogP contribution in [0.2, 0.25) is 0 Å². The number of furan rings is 1. The Morgan fingerprint density at radius 2 is 2.04 bits per heavy atom. The van der Waals surface area contributed by atoms with Crippen LogP contribution in [0.5, 0.6) is 11.5 Å². The van der Waals surface area contributed by atoms with Crippen LogP contribution >= 0.6 is 15.9 Å². The summed E-state index contributed by atoms with van der Waals surface area (Å²) in [5.41, 5.74) is 1.90. The Balaban J connectivity index is 1.98. The number of nitrogens with one attached hydrogen (secondary N) is 1. The summed E-state index contributed by atoms with van der Waals surface area (Å²) >= 11 is 3.41. The van der Waals surface area contributed by atoms with Gasteiger partial charge in [-0.05, 0) is 38.1 Å². The lowest BCUT2D eigenvalue weighted by Crippen LogP contribution is -2.13. The fourth-order valence-corrected chi connectivity index (χ4v) is 3.02. The molecule has 0 radical (unpaired) electrons. The van der Waals surface area contributed by atoms with Crippen molar-refractivity contribution < 1.29 is 18.7 Å². The van der Waals surface area contributed by atoms with E-state index in [2.05, 4.69) is 21.2 Å². The number of anilines is 1. The first kappa shape index (κ1) is 17.4. The van der Waals surface area contributed by atoms with Crippen LogP contribution in [0.15, 0.2) is 45.3 Å². The Labute approximate surface area is 154 Å². The number of carbonyl (C=O) groups excluding carboxylic acids is 1. The predicted molar refractivity (Wildman–Crippen MR) is 101 cm³/mol. The van der Waals surface area contributed by atoms with Crippen LogP contribution in [0.1, 0.15) is 23.0 Å². The van der Waals surface area contributed by atoms with E-state index in [1.54, 1.807) is 25.3 Å². The summed E-state index contributed by atoms with van der Waals surface area (Å²) in [7, 11) is 1.57. The third kappa shape index (κ3) is 3.35. The maximum atomic E-state index is 12.8. The smallest absolute Gasteiger partial charge is 0.291 e. The number of halogens is 1. The number of fused-ring (bicyclic) bond motifs is 1. The molecular formula is C19H18BrNO4. The lowest BCUT2D eigenvalue weighted by atomic mass is 10.1. The fraction of sp³-hybridized carbons (Fsp3) is 0.211. The number of hydrogen-bond donors (Lipinski definition) is 1. The number of para-hydroxylation sites is 1. The molecule has 0 aliphatic carbocycles. The van der Waals surface area contributed by atoms with Crippen molar-refractivity contribution in [3.8, 4) is 11.5 Å². The molecule has 1 amide bonds. The number of rotatable bonds is 5. The molecule has 0 saturated heterocycles. The maximum Gasteiger partial charge on any atom is 0.291 e. The van der Waals surface area contributed by atoms with Crippen molar-refractivity contribution in [3.05, 3.63) is 52.2 Å². The van der Waals surface area contributed by atoms with Gasteiger partial charge in [0, 0.05) is 15.4 Å². The van der Waals surface area contributed by atoms with Gasteiger partial charge in [-0.15, -0.1) is 0 Å². The topological polar surface area (TPSA) is 60.7 Å². The van der Waals surface area contributed by atoms with Crippen molar-refractivity contribution in [1.82, 2.24) is 0 Å². The highest BCUT2D eigenvalue weighted by atomic mass is 79.9. The van der Waals surface area contributed by atoms with E-state index in [-0.39, 0.29) is 11.7 Å². The summed E-state index contributed by atoms with van der Waals surface area (Å²) in [5, 5.41) is 3.71. The first-order valence-corrected chi connectivity index (χ1v) is 8.64. The normalized spacial score (nSPS) is 10.7.